The fourth-order valence-electron chi connectivity index (χ4n) is 3.55. The number of hydrogen-bond donors (Lipinski definition) is 0. The molecule has 0 radical (unpaired) electrons. The lowest BCUT2D eigenvalue weighted by Gasteiger charge is -2.07. The Kier molecular flexibility index (Phi) is 1.66. The van der Waals surface area contributed by atoms with E-state index in [1.54, 1.807) is 0 Å². The molecule has 4 rings (SSSR count). The number of rotatable bonds is 0. The van der Waals surface area contributed by atoms with Gasteiger partial charge in [-0.25, -0.2) is 0 Å². The van der Waals surface area contributed by atoms with Crippen LogP contribution in [-0.2, 0) is 0 Å². The average Bonchev–Trinajstić information content (AvgIpc) is 2.77. The van der Waals surface area contributed by atoms with Crippen LogP contribution in [0, 0.1) is 0 Å². The molecule has 88 valence electrons. The number of allylic oxidation sites excluding steroid dienone is 4. The van der Waals surface area contributed by atoms with Crippen LogP contribution in [-0.4, -0.2) is 0 Å². The van der Waals surface area contributed by atoms with Gasteiger partial charge in [0.1, 0.15) is 0 Å². The highest BCUT2D eigenvalue weighted by Crippen LogP contribution is 2.49. The van der Waals surface area contributed by atoms with E-state index < -0.39 is 0 Å². The minimum Gasteiger partial charge on any atom is -0.0534 e. The second-order valence-corrected chi connectivity index (χ2v) is 5.57. The van der Waals surface area contributed by atoms with Crippen LogP contribution < -0.4 is 0 Å². The summed E-state index contributed by atoms with van der Waals surface area (Å²) in [6, 6.07) is 9.22. The maximum atomic E-state index is 2.30. The molecule has 18 heavy (non-hydrogen) atoms. The van der Waals surface area contributed by atoms with Crippen LogP contribution in [0.4, 0.5) is 0 Å². The van der Waals surface area contributed by atoms with Crippen molar-refractivity contribution in [1.29, 1.82) is 0 Å². The summed E-state index contributed by atoms with van der Waals surface area (Å²) in [6.45, 7) is 8.98. The van der Waals surface area contributed by atoms with Crippen molar-refractivity contribution >= 4 is 33.1 Å². The Morgan fingerprint density at radius 3 is 0.889 bits per heavy atom. The molecule has 0 amide bonds. The fraction of sp³-hybridized carbons (Fsp3) is 0.222. The van der Waals surface area contributed by atoms with Crippen molar-refractivity contribution in [3.05, 3.63) is 46.5 Å². The van der Waals surface area contributed by atoms with Crippen LogP contribution >= 0.6 is 0 Å². The van der Waals surface area contributed by atoms with Gasteiger partial charge in [-0.05, 0) is 83.0 Å². The SMILES string of the molecule is CC1=C(C)c2ccc3c4c(ccc1c24)C(C)=C3C. The molecule has 2 aromatic rings. The van der Waals surface area contributed by atoms with E-state index in [-0.39, 0.29) is 0 Å². The zero-order valence-electron chi connectivity index (χ0n) is 11.3. The van der Waals surface area contributed by atoms with Crippen molar-refractivity contribution in [2.24, 2.45) is 0 Å². The van der Waals surface area contributed by atoms with E-state index in [0.29, 0.717) is 0 Å². The van der Waals surface area contributed by atoms with Gasteiger partial charge in [-0.2, -0.15) is 0 Å². The summed E-state index contributed by atoms with van der Waals surface area (Å²) in [5.41, 5.74) is 11.5. The van der Waals surface area contributed by atoms with Gasteiger partial charge in [0.05, 0.1) is 0 Å². The third kappa shape index (κ3) is 0.905. The Labute approximate surface area is 108 Å². The summed E-state index contributed by atoms with van der Waals surface area (Å²) < 4.78 is 0. The lowest BCUT2D eigenvalue weighted by atomic mass is 9.96. The first kappa shape index (κ1) is 10.1. The molecule has 0 saturated heterocycles. The van der Waals surface area contributed by atoms with Crippen LogP contribution in [0.15, 0.2) is 24.3 Å². The smallest absolute Gasteiger partial charge is 0.00211 e. The van der Waals surface area contributed by atoms with Crippen LogP contribution in [0.1, 0.15) is 49.9 Å². The zero-order valence-corrected chi connectivity index (χ0v) is 11.3. The molecule has 0 heteroatoms. The molecule has 0 aliphatic heterocycles. The van der Waals surface area contributed by atoms with Crippen molar-refractivity contribution in [1.82, 2.24) is 0 Å². The molecule has 0 fully saturated rings. The van der Waals surface area contributed by atoms with Gasteiger partial charge in [0.2, 0.25) is 0 Å². The highest BCUT2D eigenvalue weighted by molar-refractivity contribution is 6.21. The minimum atomic E-state index is 1.44. The third-order valence-corrected chi connectivity index (χ3v) is 4.90. The van der Waals surface area contributed by atoms with Crippen LogP contribution in [0.2, 0.25) is 0 Å². The summed E-state index contributed by atoms with van der Waals surface area (Å²) in [7, 11) is 0. The van der Waals surface area contributed by atoms with Crippen LogP contribution in [0.3, 0.4) is 0 Å². The number of benzene rings is 2. The minimum absolute atomic E-state index is 1.44. The van der Waals surface area contributed by atoms with Crippen molar-refractivity contribution in [3.8, 4) is 0 Å². The van der Waals surface area contributed by atoms with Gasteiger partial charge in [0, 0.05) is 0 Å². The summed E-state index contributed by atoms with van der Waals surface area (Å²) in [5.74, 6) is 0. The van der Waals surface area contributed by atoms with E-state index in [2.05, 4.69) is 52.0 Å². The molecule has 0 atom stereocenters. The van der Waals surface area contributed by atoms with E-state index in [0.717, 1.165) is 0 Å². The Bertz CT molecular complexity index is 667. The van der Waals surface area contributed by atoms with Crippen molar-refractivity contribution in [2.75, 3.05) is 0 Å². The molecule has 0 unspecified atom stereocenters. The Morgan fingerprint density at radius 2 is 0.667 bits per heavy atom. The van der Waals surface area contributed by atoms with E-state index >= 15 is 0 Å². The topological polar surface area (TPSA) is 0 Å². The van der Waals surface area contributed by atoms with E-state index in [9.17, 15) is 0 Å². The van der Waals surface area contributed by atoms with Gasteiger partial charge in [0.15, 0.2) is 0 Å². The van der Waals surface area contributed by atoms with Gasteiger partial charge >= 0.3 is 0 Å². The first-order valence-corrected chi connectivity index (χ1v) is 6.57. The molecular formula is C18H16. The van der Waals surface area contributed by atoms with Gasteiger partial charge in [0.25, 0.3) is 0 Å². The first-order valence-electron chi connectivity index (χ1n) is 6.57. The van der Waals surface area contributed by atoms with Crippen molar-refractivity contribution in [2.45, 2.75) is 27.7 Å². The van der Waals surface area contributed by atoms with Gasteiger partial charge in [-0.15, -0.1) is 0 Å². The second-order valence-electron chi connectivity index (χ2n) is 5.57. The maximum Gasteiger partial charge on any atom is -0.00211 e. The van der Waals surface area contributed by atoms with Crippen LogP contribution in [0.25, 0.3) is 33.1 Å². The van der Waals surface area contributed by atoms with Crippen molar-refractivity contribution in [3.63, 3.8) is 0 Å². The monoisotopic (exact) mass is 232 g/mol. The van der Waals surface area contributed by atoms with E-state index in [1.807, 2.05) is 0 Å². The highest BCUT2D eigenvalue weighted by Gasteiger charge is 2.26. The quantitative estimate of drug-likeness (QED) is 0.573. The molecule has 0 nitrogen and oxygen atoms in total. The molecule has 2 aromatic carbocycles. The molecule has 0 N–H and O–H groups in total. The predicted octanol–water partition coefficient (Wildman–Crippen LogP) is 5.37. The van der Waals surface area contributed by atoms with E-state index in [4.69, 9.17) is 0 Å². The molecule has 0 aromatic heterocycles. The zero-order chi connectivity index (χ0) is 12.6. The lowest BCUT2D eigenvalue weighted by Crippen LogP contribution is -1.85. The average molecular weight is 232 g/mol. The van der Waals surface area contributed by atoms with Crippen molar-refractivity contribution < 1.29 is 0 Å². The highest BCUT2D eigenvalue weighted by atomic mass is 14.3. The standard InChI is InChI=1S/C18H16/c1-9-10(2)14-7-8-16-12(4)11(3)15-6-5-13(9)17(14)18(15)16/h5-8H,1-4H3. The predicted molar refractivity (Wildman–Crippen MR) is 80.3 cm³/mol. The number of hydrogen-bond acceptors (Lipinski definition) is 0. The molecule has 0 spiro atoms. The Morgan fingerprint density at radius 1 is 0.444 bits per heavy atom. The third-order valence-electron chi connectivity index (χ3n) is 4.90. The fourth-order valence-corrected chi connectivity index (χ4v) is 3.55. The Balaban J connectivity index is 2.29. The summed E-state index contributed by atoms with van der Waals surface area (Å²) in [5, 5.41) is 2.97. The first-order chi connectivity index (χ1) is 8.61. The lowest BCUT2D eigenvalue weighted by molar-refractivity contribution is 1.62. The molecular weight excluding hydrogens is 216 g/mol. The maximum absolute atomic E-state index is 2.30. The van der Waals surface area contributed by atoms with Crippen LogP contribution in [0.5, 0.6) is 0 Å². The summed E-state index contributed by atoms with van der Waals surface area (Å²) >= 11 is 0. The largest absolute Gasteiger partial charge is 0.0534 e. The molecule has 2 aliphatic carbocycles. The molecule has 0 bridgehead atoms. The summed E-state index contributed by atoms with van der Waals surface area (Å²) in [6.07, 6.45) is 0. The second kappa shape index (κ2) is 2.95. The summed E-state index contributed by atoms with van der Waals surface area (Å²) in [4.78, 5) is 0. The normalized spacial score (nSPS) is 16.4. The van der Waals surface area contributed by atoms with Gasteiger partial charge in [-0.3, -0.25) is 0 Å². The molecule has 2 aliphatic rings. The Hall–Kier alpha value is -1.82. The van der Waals surface area contributed by atoms with Gasteiger partial charge < -0.3 is 0 Å². The molecule has 0 heterocycles. The molecule has 0 saturated carbocycles. The van der Waals surface area contributed by atoms with E-state index in [1.165, 1.54) is 55.3 Å². The van der Waals surface area contributed by atoms with Gasteiger partial charge in [-0.1, -0.05) is 24.3 Å².